The van der Waals surface area contributed by atoms with Crippen molar-refractivity contribution in [1.82, 2.24) is 0 Å². The van der Waals surface area contributed by atoms with Gasteiger partial charge in [0.1, 0.15) is 12.4 Å². The number of carbonyl (C=O) groups excluding carboxylic acids is 1. The van der Waals surface area contributed by atoms with Gasteiger partial charge in [-0.15, -0.1) is 0 Å². The fourth-order valence-corrected chi connectivity index (χ4v) is 3.06. The molecule has 0 aliphatic heterocycles. The van der Waals surface area contributed by atoms with Gasteiger partial charge in [-0.25, -0.2) is 4.79 Å². The van der Waals surface area contributed by atoms with Gasteiger partial charge < -0.3 is 9.47 Å². The molecule has 4 aromatic carbocycles. The smallest absolute Gasteiger partial charge is 0.429 e. The van der Waals surface area contributed by atoms with Crippen molar-refractivity contribution >= 4 is 33.4 Å². The minimum atomic E-state index is -0.869. The number of ether oxygens (including phenoxy) is 2. The van der Waals surface area contributed by atoms with Crippen LogP contribution in [0, 0.1) is 10.1 Å². The van der Waals surface area contributed by atoms with Gasteiger partial charge in [0.15, 0.2) is 0 Å². The first-order valence-electron chi connectivity index (χ1n) is 8.59. The molecule has 0 spiro atoms. The Morgan fingerprint density at radius 1 is 0.857 bits per heavy atom. The average molecular weight is 373 g/mol. The summed E-state index contributed by atoms with van der Waals surface area (Å²) in [5.41, 5.74) is 0.785. The summed E-state index contributed by atoms with van der Waals surface area (Å²) < 4.78 is 10.3. The molecule has 138 valence electrons. The van der Waals surface area contributed by atoms with E-state index in [4.69, 9.17) is 9.47 Å². The molecular weight excluding hydrogens is 358 g/mol. The number of nitrogens with zero attached hydrogens (tertiary/aromatic N) is 1. The number of hydrogen-bond acceptors (Lipinski definition) is 5. The molecule has 4 rings (SSSR count). The maximum Gasteiger partial charge on any atom is 0.514 e. The summed E-state index contributed by atoms with van der Waals surface area (Å²) in [6.45, 7) is 0.0570. The molecule has 6 heteroatoms. The van der Waals surface area contributed by atoms with Crippen molar-refractivity contribution in [3.63, 3.8) is 0 Å². The summed E-state index contributed by atoms with van der Waals surface area (Å²) in [4.78, 5) is 22.1. The van der Waals surface area contributed by atoms with Crippen LogP contribution in [-0.4, -0.2) is 11.1 Å². The molecular formula is C22H15NO5. The molecule has 0 fully saturated rings. The first-order valence-corrected chi connectivity index (χ1v) is 8.59. The first-order chi connectivity index (χ1) is 13.6. The summed E-state index contributed by atoms with van der Waals surface area (Å²) in [6.07, 6.45) is -0.869. The molecule has 0 bridgehead atoms. The Bertz CT molecular complexity index is 1180. The molecule has 0 aliphatic carbocycles. The second-order valence-electron chi connectivity index (χ2n) is 6.23. The van der Waals surface area contributed by atoms with Gasteiger partial charge in [-0.05, 0) is 51.4 Å². The topological polar surface area (TPSA) is 78.7 Å². The summed E-state index contributed by atoms with van der Waals surface area (Å²) in [6, 6.07) is 23.3. The summed E-state index contributed by atoms with van der Waals surface area (Å²) in [5.74, 6) is 0.180. The Labute approximate surface area is 160 Å². The molecule has 0 saturated carbocycles. The van der Waals surface area contributed by atoms with Crippen LogP contribution in [0.4, 0.5) is 10.5 Å². The third kappa shape index (κ3) is 3.61. The van der Waals surface area contributed by atoms with Crippen molar-refractivity contribution in [1.29, 1.82) is 0 Å². The van der Waals surface area contributed by atoms with Gasteiger partial charge in [0.2, 0.25) is 0 Å². The van der Waals surface area contributed by atoms with E-state index >= 15 is 0 Å². The lowest BCUT2D eigenvalue weighted by Gasteiger charge is -2.10. The third-order valence-corrected chi connectivity index (χ3v) is 4.43. The van der Waals surface area contributed by atoms with E-state index in [1.54, 1.807) is 0 Å². The molecule has 0 radical (unpaired) electrons. The van der Waals surface area contributed by atoms with E-state index in [1.165, 1.54) is 24.3 Å². The Balaban J connectivity index is 1.49. The minimum absolute atomic E-state index is 0.0570. The molecule has 0 heterocycles. The van der Waals surface area contributed by atoms with Gasteiger partial charge in [0.25, 0.3) is 5.69 Å². The summed E-state index contributed by atoms with van der Waals surface area (Å²) in [5, 5.41) is 15.0. The highest BCUT2D eigenvalue weighted by Crippen LogP contribution is 2.26. The number of benzene rings is 4. The zero-order valence-corrected chi connectivity index (χ0v) is 14.7. The van der Waals surface area contributed by atoms with E-state index in [2.05, 4.69) is 18.2 Å². The molecule has 4 aromatic rings. The fraction of sp³-hybridized carbons (Fsp3) is 0.0455. The Morgan fingerprint density at radius 2 is 1.54 bits per heavy atom. The largest absolute Gasteiger partial charge is 0.514 e. The van der Waals surface area contributed by atoms with Crippen molar-refractivity contribution in [2.75, 3.05) is 0 Å². The molecule has 0 aliphatic rings. The molecule has 0 amide bonds. The Morgan fingerprint density at radius 3 is 2.25 bits per heavy atom. The first kappa shape index (κ1) is 17.5. The van der Waals surface area contributed by atoms with Crippen LogP contribution in [0.3, 0.4) is 0 Å². The van der Waals surface area contributed by atoms with Crippen molar-refractivity contribution in [2.45, 2.75) is 6.61 Å². The third-order valence-electron chi connectivity index (χ3n) is 4.43. The second kappa shape index (κ2) is 7.36. The highest BCUT2D eigenvalue weighted by molar-refractivity contribution is 5.99. The number of nitro benzene ring substituents is 1. The molecule has 0 saturated heterocycles. The zero-order chi connectivity index (χ0) is 19.5. The number of fused-ring (bicyclic) bond motifs is 2. The van der Waals surface area contributed by atoms with Crippen LogP contribution >= 0.6 is 0 Å². The van der Waals surface area contributed by atoms with E-state index < -0.39 is 11.1 Å². The normalized spacial score (nSPS) is 10.7. The monoisotopic (exact) mass is 373 g/mol. The van der Waals surface area contributed by atoms with Gasteiger partial charge >= 0.3 is 6.16 Å². The van der Waals surface area contributed by atoms with Gasteiger partial charge in [-0.1, -0.05) is 42.5 Å². The SMILES string of the molecule is O=C(OCc1cccc2cc3ccccc3cc12)Oc1ccc([N+](=O)[O-])cc1. The van der Waals surface area contributed by atoms with Crippen LogP contribution < -0.4 is 4.74 Å². The second-order valence-corrected chi connectivity index (χ2v) is 6.23. The van der Waals surface area contributed by atoms with Crippen molar-refractivity contribution < 1.29 is 19.2 Å². The van der Waals surface area contributed by atoms with Crippen molar-refractivity contribution in [2.24, 2.45) is 0 Å². The standard InChI is InChI=1S/C22H15NO5/c24-22(28-20-10-8-19(9-11-20)23(25)26)27-14-18-7-3-6-17-12-15-4-1-2-5-16(15)13-21(17)18/h1-13H,14H2. The van der Waals surface area contributed by atoms with Crippen LogP contribution in [0.25, 0.3) is 21.5 Å². The quantitative estimate of drug-likeness (QED) is 0.153. The van der Waals surface area contributed by atoms with Crippen molar-refractivity contribution in [3.05, 3.63) is 94.5 Å². The van der Waals surface area contributed by atoms with Crippen LogP contribution in [0.2, 0.25) is 0 Å². The van der Waals surface area contributed by atoms with Crippen LogP contribution in [0.15, 0.2) is 78.9 Å². The highest BCUT2D eigenvalue weighted by atomic mass is 16.7. The van der Waals surface area contributed by atoms with E-state index in [-0.39, 0.29) is 18.0 Å². The number of non-ortho nitro benzene ring substituents is 1. The lowest BCUT2D eigenvalue weighted by Crippen LogP contribution is -2.10. The minimum Gasteiger partial charge on any atom is -0.429 e. The van der Waals surface area contributed by atoms with Crippen LogP contribution in [0.1, 0.15) is 5.56 Å². The molecule has 0 atom stereocenters. The highest BCUT2D eigenvalue weighted by Gasteiger charge is 2.11. The lowest BCUT2D eigenvalue weighted by molar-refractivity contribution is -0.384. The van der Waals surface area contributed by atoms with Gasteiger partial charge in [-0.2, -0.15) is 0 Å². The summed E-state index contributed by atoms with van der Waals surface area (Å²) in [7, 11) is 0. The van der Waals surface area contributed by atoms with Gasteiger partial charge in [-0.3, -0.25) is 10.1 Å². The molecule has 6 nitrogen and oxygen atoms in total. The fourth-order valence-electron chi connectivity index (χ4n) is 3.06. The molecule has 0 unspecified atom stereocenters. The molecule has 0 aromatic heterocycles. The summed E-state index contributed by atoms with van der Waals surface area (Å²) >= 11 is 0. The Hall–Kier alpha value is -3.93. The van der Waals surface area contributed by atoms with E-state index in [0.717, 1.165) is 27.1 Å². The number of rotatable bonds is 4. The van der Waals surface area contributed by atoms with Crippen LogP contribution in [-0.2, 0) is 11.3 Å². The zero-order valence-electron chi connectivity index (χ0n) is 14.7. The molecule has 28 heavy (non-hydrogen) atoms. The van der Waals surface area contributed by atoms with Gasteiger partial charge in [0.05, 0.1) is 4.92 Å². The predicted octanol–water partition coefficient (Wildman–Crippen LogP) is 5.62. The van der Waals surface area contributed by atoms with E-state index in [1.807, 2.05) is 36.4 Å². The maximum atomic E-state index is 12.0. The lowest BCUT2D eigenvalue weighted by atomic mass is 10.00. The van der Waals surface area contributed by atoms with E-state index in [9.17, 15) is 14.9 Å². The number of carbonyl (C=O) groups is 1. The maximum absolute atomic E-state index is 12.0. The number of nitro groups is 1. The Kier molecular flexibility index (Phi) is 4.60. The average Bonchev–Trinajstić information content (AvgIpc) is 2.71. The van der Waals surface area contributed by atoms with Crippen LogP contribution in [0.5, 0.6) is 5.75 Å². The van der Waals surface area contributed by atoms with Gasteiger partial charge in [0, 0.05) is 12.1 Å². The predicted molar refractivity (Wildman–Crippen MR) is 105 cm³/mol. The van der Waals surface area contributed by atoms with E-state index in [0.29, 0.717) is 0 Å². The van der Waals surface area contributed by atoms with Crippen molar-refractivity contribution in [3.8, 4) is 5.75 Å². The number of hydrogen-bond donors (Lipinski definition) is 0. The molecule has 0 N–H and O–H groups in total.